The van der Waals surface area contributed by atoms with Crippen molar-refractivity contribution in [3.63, 3.8) is 0 Å². The van der Waals surface area contributed by atoms with E-state index in [1.54, 1.807) is 12.1 Å². The third-order valence-electron chi connectivity index (χ3n) is 3.71. The molecule has 0 radical (unpaired) electrons. The van der Waals surface area contributed by atoms with Crippen LogP contribution < -0.4 is 15.4 Å². The molecule has 1 saturated heterocycles. The van der Waals surface area contributed by atoms with Gasteiger partial charge in [-0.1, -0.05) is 19.1 Å². The molecule has 1 heterocycles. The van der Waals surface area contributed by atoms with Crippen LogP contribution in [0.1, 0.15) is 30.1 Å². The summed E-state index contributed by atoms with van der Waals surface area (Å²) in [4.78, 5) is 12.2. The minimum absolute atomic E-state index is 0.00751. The van der Waals surface area contributed by atoms with E-state index in [4.69, 9.17) is 0 Å². The molecular formula is C15H20F2N2O2. The highest BCUT2D eigenvalue weighted by atomic mass is 19.3. The summed E-state index contributed by atoms with van der Waals surface area (Å²) >= 11 is 0. The van der Waals surface area contributed by atoms with Gasteiger partial charge in [0.15, 0.2) is 0 Å². The Morgan fingerprint density at radius 2 is 2.24 bits per heavy atom. The number of benzene rings is 1. The van der Waals surface area contributed by atoms with Crippen LogP contribution in [0.4, 0.5) is 8.78 Å². The predicted molar refractivity (Wildman–Crippen MR) is 75.6 cm³/mol. The minimum atomic E-state index is -2.95. The normalized spacial score (nSPS) is 22.1. The molecule has 0 aliphatic carbocycles. The number of hydrogen-bond acceptors (Lipinski definition) is 3. The topological polar surface area (TPSA) is 50.4 Å². The van der Waals surface area contributed by atoms with Crippen molar-refractivity contribution < 1.29 is 18.3 Å². The summed E-state index contributed by atoms with van der Waals surface area (Å²) in [5, 5.41) is 6.12. The Morgan fingerprint density at radius 3 is 2.90 bits per heavy atom. The van der Waals surface area contributed by atoms with Crippen LogP contribution in [0, 0.1) is 5.41 Å². The van der Waals surface area contributed by atoms with Crippen molar-refractivity contribution in [3.05, 3.63) is 29.8 Å². The van der Waals surface area contributed by atoms with E-state index in [0.29, 0.717) is 6.54 Å². The molecule has 0 spiro atoms. The molecule has 0 saturated carbocycles. The molecule has 0 aromatic heterocycles. The molecule has 2 rings (SSSR count). The molecule has 116 valence electrons. The van der Waals surface area contributed by atoms with Gasteiger partial charge in [-0.2, -0.15) is 8.78 Å². The second-order valence-electron chi connectivity index (χ2n) is 5.65. The zero-order valence-electron chi connectivity index (χ0n) is 12.0. The third kappa shape index (κ3) is 4.39. The van der Waals surface area contributed by atoms with Gasteiger partial charge in [0.25, 0.3) is 5.91 Å². The number of carbonyl (C=O) groups excluding carboxylic acids is 1. The number of ether oxygens (including phenoxy) is 1. The van der Waals surface area contributed by atoms with Gasteiger partial charge in [-0.25, -0.2) is 0 Å². The molecule has 6 heteroatoms. The molecule has 1 amide bonds. The van der Waals surface area contributed by atoms with Crippen LogP contribution in [0.25, 0.3) is 0 Å². The molecule has 21 heavy (non-hydrogen) atoms. The van der Waals surface area contributed by atoms with Gasteiger partial charge in [-0.05, 0) is 36.9 Å². The van der Waals surface area contributed by atoms with Crippen molar-refractivity contribution in [1.29, 1.82) is 0 Å². The standard InChI is InChI=1S/C15H20F2N2O2/c1-15(7-4-8-18-9-15)10-19-13(20)11-5-2-3-6-12(11)21-14(16)17/h2-3,5-6,14,18H,4,7-10H2,1H3,(H,19,20). The van der Waals surface area contributed by atoms with E-state index in [0.717, 1.165) is 25.9 Å². The van der Waals surface area contributed by atoms with Crippen molar-refractivity contribution in [2.45, 2.75) is 26.4 Å². The van der Waals surface area contributed by atoms with Crippen molar-refractivity contribution >= 4 is 5.91 Å². The van der Waals surface area contributed by atoms with Crippen LogP contribution in [0.5, 0.6) is 5.75 Å². The molecule has 1 aromatic carbocycles. The van der Waals surface area contributed by atoms with Gasteiger partial charge < -0.3 is 15.4 Å². The summed E-state index contributed by atoms with van der Waals surface area (Å²) in [5.41, 5.74) is 0.122. The monoisotopic (exact) mass is 298 g/mol. The third-order valence-corrected chi connectivity index (χ3v) is 3.71. The van der Waals surface area contributed by atoms with E-state index in [1.165, 1.54) is 12.1 Å². The van der Waals surface area contributed by atoms with E-state index in [1.807, 2.05) is 0 Å². The molecule has 1 aromatic rings. The largest absolute Gasteiger partial charge is 0.434 e. The first kappa shape index (κ1) is 15.7. The average Bonchev–Trinajstić information content (AvgIpc) is 2.46. The number of para-hydroxylation sites is 1. The lowest BCUT2D eigenvalue weighted by molar-refractivity contribution is -0.0501. The SMILES string of the molecule is CC1(CNC(=O)c2ccccc2OC(F)F)CCCNC1. The van der Waals surface area contributed by atoms with Gasteiger partial charge in [-0.15, -0.1) is 0 Å². The van der Waals surface area contributed by atoms with Gasteiger partial charge in [0.1, 0.15) is 5.75 Å². The lowest BCUT2D eigenvalue weighted by Crippen LogP contribution is -2.45. The number of carbonyl (C=O) groups is 1. The molecule has 1 atom stereocenters. The Hall–Kier alpha value is -1.69. The molecule has 1 aliphatic rings. The van der Waals surface area contributed by atoms with Crippen LogP contribution in [-0.4, -0.2) is 32.2 Å². The summed E-state index contributed by atoms with van der Waals surface area (Å²) < 4.78 is 29.1. The van der Waals surface area contributed by atoms with Gasteiger partial charge in [0.2, 0.25) is 0 Å². The Kier molecular flexibility index (Phi) is 5.12. The Balaban J connectivity index is 2.00. The van der Waals surface area contributed by atoms with E-state index in [-0.39, 0.29) is 16.7 Å². The fourth-order valence-corrected chi connectivity index (χ4v) is 2.51. The summed E-state index contributed by atoms with van der Waals surface area (Å²) in [6.45, 7) is 1.49. The summed E-state index contributed by atoms with van der Waals surface area (Å²) in [6.07, 6.45) is 2.09. The highest BCUT2D eigenvalue weighted by Gasteiger charge is 2.27. The number of hydrogen-bond donors (Lipinski definition) is 2. The maximum Gasteiger partial charge on any atom is 0.387 e. The molecular weight excluding hydrogens is 278 g/mol. The maximum absolute atomic E-state index is 12.3. The highest BCUT2D eigenvalue weighted by molar-refractivity contribution is 5.96. The van der Waals surface area contributed by atoms with Crippen molar-refractivity contribution in [2.75, 3.05) is 19.6 Å². The van der Waals surface area contributed by atoms with E-state index in [9.17, 15) is 13.6 Å². The number of piperidine rings is 1. The number of amides is 1. The fourth-order valence-electron chi connectivity index (χ4n) is 2.51. The highest BCUT2D eigenvalue weighted by Crippen LogP contribution is 2.25. The zero-order chi connectivity index (χ0) is 15.3. The average molecular weight is 298 g/mol. The molecule has 1 aliphatic heterocycles. The molecule has 0 bridgehead atoms. The van der Waals surface area contributed by atoms with Gasteiger partial charge in [-0.3, -0.25) is 4.79 Å². The first-order chi connectivity index (χ1) is 10.0. The van der Waals surface area contributed by atoms with Crippen LogP contribution in [0.15, 0.2) is 24.3 Å². The van der Waals surface area contributed by atoms with Crippen LogP contribution in [-0.2, 0) is 0 Å². The lowest BCUT2D eigenvalue weighted by atomic mass is 9.83. The van der Waals surface area contributed by atoms with Gasteiger partial charge >= 0.3 is 6.61 Å². The zero-order valence-corrected chi connectivity index (χ0v) is 12.0. The van der Waals surface area contributed by atoms with Gasteiger partial charge in [0, 0.05) is 13.1 Å². The fraction of sp³-hybridized carbons (Fsp3) is 0.533. The Morgan fingerprint density at radius 1 is 1.48 bits per heavy atom. The quantitative estimate of drug-likeness (QED) is 0.877. The van der Waals surface area contributed by atoms with Crippen molar-refractivity contribution in [1.82, 2.24) is 10.6 Å². The first-order valence-corrected chi connectivity index (χ1v) is 7.03. The second-order valence-corrected chi connectivity index (χ2v) is 5.65. The number of alkyl halides is 2. The number of rotatable bonds is 5. The first-order valence-electron chi connectivity index (χ1n) is 7.03. The van der Waals surface area contributed by atoms with E-state index >= 15 is 0 Å². The van der Waals surface area contributed by atoms with Crippen LogP contribution >= 0.6 is 0 Å². The molecule has 1 fully saturated rings. The summed E-state index contributed by atoms with van der Waals surface area (Å²) in [6, 6.07) is 6.03. The second kappa shape index (κ2) is 6.85. The van der Waals surface area contributed by atoms with Crippen LogP contribution in [0.2, 0.25) is 0 Å². The Labute approximate surface area is 122 Å². The summed E-state index contributed by atoms with van der Waals surface area (Å²) in [7, 11) is 0. The smallest absolute Gasteiger partial charge is 0.387 e. The van der Waals surface area contributed by atoms with Gasteiger partial charge in [0.05, 0.1) is 5.56 Å². The van der Waals surface area contributed by atoms with E-state index in [2.05, 4.69) is 22.3 Å². The maximum atomic E-state index is 12.3. The minimum Gasteiger partial charge on any atom is -0.434 e. The van der Waals surface area contributed by atoms with Crippen LogP contribution in [0.3, 0.4) is 0 Å². The van der Waals surface area contributed by atoms with E-state index < -0.39 is 12.5 Å². The van der Waals surface area contributed by atoms with Crippen molar-refractivity contribution in [3.8, 4) is 5.75 Å². The molecule has 2 N–H and O–H groups in total. The molecule has 1 unspecified atom stereocenters. The number of halogens is 2. The number of nitrogens with one attached hydrogen (secondary N) is 2. The lowest BCUT2D eigenvalue weighted by Gasteiger charge is -2.34. The molecule has 4 nitrogen and oxygen atoms in total. The Bertz CT molecular complexity index is 488. The summed E-state index contributed by atoms with van der Waals surface area (Å²) in [5.74, 6) is -0.491. The predicted octanol–water partition coefficient (Wildman–Crippen LogP) is 2.41. The van der Waals surface area contributed by atoms with Crippen molar-refractivity contribution in [2.24, 2.45) is 5.41 Å².